The minimum atomic E-state index is -4.55. The molecule has 0 saturated carbocycles. The smallest absolute Gasteiger partial charge is 0.416 e. The number of hydrogen-bond acceptors (Lipinski definition) is 6. The number of benzene rings is 2. The van der Waals surface area contributed by atoms with Crippen molar-refractivity contribution in [2.75, 3.05) is 26.1 Å². The normalized spacial score (nSPS) is 11.4. The monoisotopic (exact) mass is 525 g/mol. The fourth-order valence-corrected chi connectivity index (χ4v) is 3.93. The van der Waals surface area contributed by atoms with Crippen molar-refractivity contribution in [2.24, 2.45) is 0 Å². The molecule has 0 aliphatic heterocycles. The van der Waals surface area contributed by atoms with E-state index in [1.54, 1.807) is 50.0 Å². The van der Waals surface area contributed by atoms with Gasteiger partial charge in [0.05, 0.1) is 30.8 Å². The average Bonchev–Trinajstić information content (AvgIpc) is 3.39. The average molecular weight is 526 g/mol. The van der Waals surface area contributed by atoms with Crippen molar-refractivity contribution in [3.63, 3.8) is 0 Å². The zero-order chi connectivity index (χ0) is 27.3. The number of anilines is 1. The summed E-state index contributed by atoms with van der Waals surface area (Å²) in [6, 6.07) is 10.5. The lowest BCUT2D eigenvalue weighted by molar-refractivity contribution is -0.138. The van der Waals surface area contributed by atoms with Crippen LogP contribution in [0.2, 0.25) is 0 Å². The molecule has 0 aliphatic rings. The highest BCUT2D eigenvalue weighted by molar-refractivity contribution is 6.04. The molecule has 0 fully saturated rings. The first-order chi connectivity index (χ1) is 18.2. The van der Waals surface area contributed by atoms with Crippen molar-refractivity contribution in [1.29, 1.82) is 0 Å². The number of carbonyl (C=O) groups excluding carboxylic acids is 1. The molecule has 0 bridgehead atoms. The molecule has 2 aromatic heterocycles. The molecule has 0 spiro atoms. The van der Waals surface area contributed by atoms with E-state index in [2.05, 4.69) is 20.6 Å². The minimum absolute atomic E-state index is 0.0495. The number of hydrogen-bond donors (Lipinski definition) is 1. The Morgan fingerprint density at radius 1 is 1.08 bits per heavy atom. The van der Waals surface area contributed by atoms with Crippen LogP contribution in [-0.2, 0) is 17.3 Å². The molecule has 0 radical (unpaired) electrons. The van der Waals surface area contributed by atoms with Crippen molar-refractivity contribution in [2.45, 2.75) is 25.9 Å². The quantitative estimate of drug-likeness (QED) is 0.291. The van der Waals surface area contributed by atoms with Crippen LogP contribution in [-0.4, -0.2) is 46.7 Å². The number of pyridine rings is 1. The van der Waals surface area contributed by atoms with Gasteiger partial charge in [0.2, 0.25) is 0 Å². The maximum absolute atomic E-state index is 13.7. The van der Waals surface area contributed by atoms with Crippen LogP contribution in [0.5, 0.6) is 5.75 Å². The molecule has 1 amide bonds. The standard InChI is InChI=1S/C27H26F3N5O3/c1-17-6-7-19(12-25(17)35-16-24(33-34-35)20-11-22(38-3)15-31-14-20)26(36)32-21-9-8-18(5-4-10-37-2)23(13-21)27(28,29)30/h6-9,11-16H,4-5,10H2,1-3H3,(H,32,36). The van der Waals surface area contributed by atoms with Crippen LogP contribution < -0.4 is 10.1 Å². The molecule has 4 aromatic rings. The number of nitrogens with one attached hydrogen (secondary N) is 1. The van der Waals surface area contributed by atoms with E-state index in [1.807, 2.05) is 6.92 Å². The third kappa shape index (κ3) is 6.17. The van der Waals surface area contributed by atoms with Gasteiger partial charge in [-0.3, -0.25) is 9.78 Å². The second-order valence-corrected chi connectivity index (χ2v) is 8.58. The van der Waals surface area contributed by atoms with Crippen LogP contribution in [0.1, 0.15) is 33.5 Å². The predicted molar refractivity (Wildman–Crippen MR) is 135 cm³/mol. The van der Waals surface area contributed by atoms with E-state index in [9.17, 15) is 18.0 Å². The molecule has 0 unspecified atom stereocenters. The van der Waals surface area contributed by atoms with Gasteiger partial charge in [0.1, 0.15) is 11.4 Å². The summed E-state index contributed by atoms with van der Waals surface area (Å²) in [4.78, 5) is 17.1. The Hall–Kier alpha value is -4.25. The van der Waals surface area contributed by atoms with Crippen LogP contribution in [0.3, 0.4) is 0 Å². The molecule has 11 heteroatoms. The number of aryl methyl sites for hydroxylation is 2. The van der Waals surface area contributed by atoms with E-state index in [0.29, 0.717) is 35.7 Å². The van der Waals surface area contributed by atoms with Crippen LogP contribution >= 0.6 is 0 Å². The molecule has 198 valence electrons. The number of carbonyl (C=O) groups is 1. The Balaban J connectivity index is 1.57. The minimum Gasteiger partial charge on any atom is -0.495 e. The van der Waals surface area contributed by atoms with Crippen LogP contribution in [0.25, 0.3) is 16.9 Å². The molecular weight excluding hydrogens is 499 g/mol. The Kier molecular flexibility index (Phi) is 8.06. The summed E-state index contributed by atoms with van der Waals surface area (Å²) in [5, 5.41) is 10.9. The highest BCUT2D eigenvalue weighted by Crippen LogP contribution is 2.34. The summed E-state index contributed by atoms with van der Waals surface area (Å²) in [6.45, 7) is 2.21. The number of amides is 1. The number of methoxy groups -OCH3 is 2. The van der Waals surface area contributed by atoms with Crippen LogP contribution in [0.15, 0.2) is 61.1 Å². The van der Waals surface area contributed by atoms with Crippen molar-refractivity contribution in [3.8, 4) is 22.7 Å². The van der Waals surface area contributed by atoms with Gasteiger partial charge in [-0.25, -0.2) is 4.68 Å². The zero-order valence-corrected chi connectivity index (χ0v) is 21.0. The number of ether oxygens (including phenoxy) is 2. The Labute approximate surface area is 217 Å². The predicted octanol–water partition coefficient (Wildman–Crippen LogP) is 5.50. The number of halogens is 3. The van der Waals surface area contributed by atoms with Gasteiger partial charge in [-0.05, 0) is 61.2 Å². The van der Waals surface area contributed by atoms with Gasteiger partial charge >= 0.3 is 6.18 Å². The number of rotatable bonds is 9. The fourth-order valence-electron chi connectivity index (χ4n) is 3.93. The van der Waals surface area contributed by atoms with E-state index < -0.39 is 17.6 Å². The number of alkyl halides is 3. The summed E-state index contributed by atoms with van der Waals surface area (Å²) in [6.07, 6.45) is 1.01. The van der Waals surface area contributed by atoms with Crippen LogP contribution in [0, 0.1) is 6.92 Å². The van der Waals surface area contributed by atoms with Crippen LogP contribution in [0.4, 0.5) is 18.9 Å². The Bertz CT molecular complexity index is 1440. The topological polar surface area (TPSA) is 91.2 Å². The van der Waals surface area contributed by atoms with E-state index in [0.717, 1.165) is 11.6 Å². The molecule has 0 aliphatic carbocycles. The lowest BCUT2D eigenvalue weighted by Gasteiger charge is -2.15. The number of nitrogens with zero attached hydrogens (tertiary/aromatic N) is 4. The first-order valence-corrected chi connectivity index (χ1v) is 11.7. The number of aromatic nitrogens is 4. The maximum atomic E-state index is 13.7. The van der Waals surface area contributed by atoms with Gasteiger partial charge in [-0.2, -0.15) is 13.2 Å². The first kappa shape index (κ1) is 26.8. The molecule has 4 rings (SSSR count). The largest absolute Gasteiger partial charge is 0.495 e. The third-order valence-corrected chi connectivity index (χ3v) is 5.92. The fraction of sp³-hybridized carbons (Fsp3) is 0.259. The molecule has 1 N–H and O–H groups in total. The van der Waals surface area contributed by atoms with Gasteiger partial charge in [-0.15, -0.1) is 5.10 Å². The molecule has 2 aromatic carbocycles. The summed E-state index contributed by atoms with van der Waals surface area (Å²) < 4.78 is 52.7. The van der Waals surface area contributed by atoms with E-state index in [-0.39, 0.29) is 23.2 Å². The molecule has 2 heterocycles. The van der Waals surface area contributed by atoms with Crippen molar-refractivity contribution in [1.82, 2.24) is 20.0 Å². The van der Waals surface area contributed by atoms with E-state index in [4.69, 9.17) is 9.47 Å². The van der Waals surface area contributed by atoms with E-state index >= 15 is 0 Å². The molecule has 0 saturated heterocycles. The first-order valence-electron chi connectivity index (χ1n) is 11.7. The van der Waals surface area contributed by atoms with Gasteiger partial charge in [0, 0.05) is 36.7 Å². The molecule has 38 heavy (non-hydrogen) atoms. The van der Waals surface area contributed by atoms with Gasteiger partial charge in [0.15, 0.2) is 0 Å². The lowest BCUT2D eigenvalue weighted by atomic mass is 10.0. The van der Waals surface area contributed by atoms with Crippen molar-refractivity contribution in [3.05, 3.63) is 83.3 Å². The van der Waals surface area contributed by atoms with Gasteiger partial charge in [0.25, 0.3) is 5.91 Å². The lowest BCUT2D eigenvalue weighted by Crippen LogP contribution is -2.15. The van der Waals surface area contributed by atoms with E-state index in [1.165, 1.54) is 23.9 Å². The van der Waals surface area contributed by atoms with Gasteiger partial charge in [-0.1, -0.05) is 17.3 Å². The SMILES string of the molecule is COCCCc1ccc(NC(=O)c2ccc(C)c(-n3cc(-c4cncc(OC)c4)nn3)c2)cc1C(F)(F)F. The summed E-state index contributed by atoms with van der Waals surface area (Å²) in [5.41, 5.74) is 2.34. The second-order valence-electron chi connectivity index (χ2n) is 8.58. The highest BCUT2D eigenvalue weighted by atomic mass is 19.4. The van der Waals surface area contributed by atoms with Gasteiger partial charge < -0.3 is 14.8 Å². The summed E-state index contributed by atoms with van der Waals surface area (Å²) in [5.74, 6) is 0.0208. The Morgan fingerprint density at radius 3 is 2.63 bits per heavy atom. The molecular formula is C27H26F3N5O3. The maximum Gasteiger partial charge on any atom is 0.416 e. The zero-order valence-electron chi connectivity index (χ0n) is 21.0. The van der Waals surface area contributed by atoms with Crippen molar-refractivity contribution < 1.29 is 27.4 Å². The second kappa shape index (κ2) is 11.4. The molecule has 0 atom stereocenters. The summed E-state index contributed by atoms with van der Waals surface area (Å²) >= 11 is 0. The summed E-state index contributed by atoms with van der Waals surface area (Å²) in [7, 11) is 3.04. The third-order valence-electron chi connectivity index (χ3n) is 5.92. The molecule has 8 nitrogen and oxygen atoms in total. The highest BCUT2D eigenvalue weighted by Gasteiger charge is 2.33. The Morgan fingerprint density at radius 2 is 1.89 bits per heavy atom. The van der Waals surface area contributed by atoms with Crippen molar-refractivity contribution >= 4 is 11.6 Å².